The molecule has 0 aliphatic rings. The maximum atomic E-state index is 6.12. The van der Waals surface area contributed by atoms with Crippen LogP contribution in [-0.2, 0) is 0 Å². The van der Waals surface area contributed by atoms with Crippen molar-refractivity contribution in [2.24, 2.45) is 0 Å². The van der Waals surface area contributed by atoms with Gasteiger partial charge in [-0.25, -0.2) is 0 Å². The average molecular weight is 288 g/mol. The number of rotatable bonds is 3. The Balaban J connectivity index is 2.32. The van der Waals surface area contributed by atoms with E-state index in [1.165, 1.54) is 15.6 Å². The van der Waals surface area contributed by atoms with E-state index in [1.54, 1.807) is 0 Å². The van der Waals surface area contributed by atoms with Gasteiger partial charge in [-0.05, 0) is 15.6 Å². The normalized spacial score (nSPS) is 10.8. The van der Waals surface area contributed by atoms with Crippen molar-refractivity contribution in [1.82, 2.24) is 0 Å². The lowest BCUT2D eigenvalue weighted by Crippen LogP contribution is -2.66. The van der Waals surface area contributed by atoms with Gasteiger partial charge in [-0.3, -0.25) is 0 Å². The summed E-state index contributed by atoms with van der Waals surface area (Å²) in [5.74, 6) is 0. The van der Waals surface area contributed by atoms with Crippen molar-refractivity contribution in [3.8, 4) is 12.0 Å². The molecular formula is C20H16Si. The summed E-state index contributed by atoms with van der Waals surface area (Å²) in [5.41, 5.74) is 3.20. The van der Waals surface area contributed by atoms with Crippen LogP contribution in [0.2, 0.25) is 0 Å². The largest absolute Gasteiger partial charge is 0.229 e. The highest BCUT2D eigenvalue weighted by Gasteiger charge is 2.37. The zero-order chi connectivity index (χ0) is 14.5. The van der Waals surface area contributed by atoms with E-state index in [4.69, 9.17) is 6.42 Å². The molecule has 0 aliphatic carbocycles. The van der Waals surface area contributed by atoms with E-state index in [2.05, 4.69) is 78.3 Å². The first-order chi connectivity index (χ1) is 10.4. The molecule has 3 aromatic rings. The van der Waals surface area contributed by atoms with Crippen LogP contribution < -0.4 is 15.6 Å². The molecule has 0 fully saturated rings. The van der Waals surface area contributed by atoms with E-state index in [-0.39, 0.29) is 0 Å². The molecule has 0 bridgehead atoms. The predicted molar refractivity (Wildman–Crippen MR) is 92.8 cm³/mol. The summed E-state index contributed by atoms with van der Waals surface area (Å²) in [4.78, 5) is 0. The smallest absolute Gasteiger partial charge is 0.126 e. The summed E-state index contributed by atoms with van der Waals surface area (Å²) >= 11 is 0. The number of hydrogen-bond donors (Lipinski definition) is 0. The molecule has 0 amide bonds. The van der Waals surface area contributed by atoms with Crippen molar-refractivity contribution in [3.05, 3.63) is 91.0 Å². The summed E-state index contributed by atoms with van der Waals surface area (Å²) in [5, 5.41) is 3.76. The molecule has 0 saturated carbocycles. The molecule has 0 N–H and O–H groups in total. The van der Waals surface area contributed by atoms with Gasteiger partial charge >= 0.3 is 0 Å². The molecule has 1 heteroatoms. The minimum absolute atomic E-state index is 1.25. The van der Waals surface area contributed by atoms with E-state index >= 15 is 0 Å². The van der Waals surface area contributed by atoms with Gasteiger partial charge < -0.3 is 0 Å². The minimum atomic E-state index is -2.37. The van der Waals surface area contributed by atoms with Crippen molar-refractivity contribution in [2.45, 2.75) is 0 Å². The van der Waals surface area contributed by atoms with Crippen LogP contribution >= 0.6 is 0 Å². The van der Waals surface area contributed by atoms with E-state index in [0.717, 1.165) is 0 Å². The molecule has 0 nitrogen and oxygen atoms in total. The highest BCUT2D eigenvalue weighted by atomic mass is 28.3. The third kappa shape index (κ3) is 2.31. The molecule has 0 radical (unpaired) electrons. The van der Waals surface area contributed by atoms with Crippen molar-refractivity contribution in [3.63, 3.8) is 0 Å². The fourth-order valence-corrected chi connectivity index (χ4v) is 6.39. The highest BCUT2D eigenvalue weighted by molar-refractivity contribution is 7.16. The van der Waals surface area contributed by atoms with Crippen LogP contribution in [0.4, 0.5) is 0 Å². The van der Waals surface area contributed by atoms with Crippen LogP contribution in [0.25, 0.3) is 0 Å². The van der Waals surface area contributed by atoms with Gasteiger partial charge in [0.1, 0.15) is 0 Å². The summed E-state index contributed by atoms with van der Waals surface area (Å²) in [6, 6.07) is 31.5. The second-order valence-electron chi connectivity index (χ2n) is 4.99. The highest BCUT2D eigenvalue weighted by Crippen LogP contribution is 2.06. The maximum Gasteiger partial charge on any atom is 0.229 e. The number of benzene rings is 3. The van der Waals surface area contributed by atoms with Crippen molar-refractivity contribution in [1.29, 1.82) is 0 Å². The Kier molecular flexibility index (Phi) is 3.72. The summed E-state index contributed by atoms with van der Waals surface area (Å²) in [6.45, 7) is 0. The van der Waals surface area contributed by atoms with Gasteiger partial charge in [0.15, 0.2) is 0 Å². The van der Waals surface area contributed by atoms with E-state index in [1.807, 2.05) is 18.2 Å². The Morgan fingerprint density at radius 3 is 1.05 bits per heavy atom. The summed E-state index contributed by atoms with van der Waals surface area (Å²) in [6.07, 6.45) is 6.12. The Morgan fingerprint density at radius 2 is 0.810 bits per heavy atom. The SMILES string of the molecule is [14CH]#[14C][Si](c1ccccc1)(c1ccccc1)c1ccccc1. The Morgan fingerprint density at radius 1 is 0.524 bits per heavy atom. The molecule has 0 atom stereocenters. The van der Waals surface area contributed by atoms with Gasteiger partial charge in [0, 0.05) is 0 Å². The van der Waals surface area contributed by atoms with Gasteiger partial charge in [-0.1, -0.05) is 91.0 Å². The molecule has 100 valence electrons. The molecule has 0 heterocycles. The lowest BCUT2D eigenvalue weighted by molar-refractivity contribution is 1.69. The first-order valence-electron chi connectivity index (χ1n) is 7.02. The summed E-state index contributed by atoms with van der Waals surface area (Å²) < 4.78 is 0. The molecular weight excluding hydrogens is 272 g/mol. The van der Waals surface area contributed by atoms with Gasteiger partial charge in [0.05, 0.1) is 0 Å². The number of terminal acetylenes is 1. The van der Waals surface area contributed by atoms with Gasteiger partial charge in [0.25, 0.3) is 0 Å². The standard InChI is InChI=1S/C20H16Si/c1-2-21(18-12-6-3-7-13-18,19-14-8-4-9-15-19)20-16-10-5-11-17-20/h1,3-17H/i1+2,2+2. The summed E-state index contributed by atoms with van der Waals surface area (Å²) in [7, 11) is -2.37. The second-order valence-corrected chi connectivity index (χ2v) is 8.51. The lowest BCUT2D eigenvalue weighted by Gasteiger charge is -2.27. The molecule has 21 heavy (non-hydrogen) atoms. The fourth-order valence-electron chi connectivity index (χ4n) is 2.81. The van der Waals surface area contributed by atoms with Crippen LogP contribution in [0.3, 0.4) is 0 Å². The van der Waals surface area contributed by atoms with Crippen LogP contribution in [0.5, 0.6) is 0 Å². The van der Waals surface area contributed by atoms with E-state index < -0.39 is 8.07 Å². The van der Waals surface area contributed by atoms with Gasteiger partial charge in [-0.15, -0.1) is 12.0 Å². The average Bonchev–Trinajstić information content (AvgIpc) is 2.59. The topological polar surface area (TPSA) is 0 Å². The van der Waals surface area contributed by atoms with Crippen molar-refractivity contribution < 1.29 is 0 Å². The van der Waals surface area contributed by atoms with Crippen LogP contribution in [0, 0.1) is 12.0 Å². The first kappa shape index (κ1) is 13.4. The molecule has 3 rings (SSSR count). The zero-order valence-corrected chi connectivity index (χ0v) is 12.7. The lowest BCUT2D eigenvalue weighted by atomic mass is 10.3. The third-order valence-electron chi connectivity index (χ3n) is 3.84. The Hall–Kier alpha value is -2.56. The van der Waals surface area contributed by atoms with E-state index in [0.29, 0.717) is 0 Å². The molecule has 0 aliphatic heterocycles. The number of hydrogen-bond acceptors (Lipinski definition) is 0. The molecule has 0 spiro atoms. The van der Waals surface area contributed by atoms with Crippen LogP contribution in [-0.4, -0.2) is 8.07 Å². The van der Waals surface area contributed by atoms with Crippen molar-refractivity contribution in [2.75, 3.05) is 0 Å². The quantitative estimate of drug-likeness (QED) is 0.394. The second kappa shape index (κ2) is 5.83. The fraction of sp³-hybridized carbons (Fsp3) is 0. The van der Waals surface area contributed by atoms with Gasteiger partial charge in [0.2, 0.25) is 8.07 Å². The minimum Gasteiger partial charge on any atom is -0.126 e. The first-order valence-corrected chi connectivity index (χ1v) is 9.02. The Labute approximate surface area is 127 Å². The van der Waals surface area contributed by atoms with Gasteiger partial charge in [-0.2, -0.15) is 0 Å². The Bertz CT molecular complexity index is 643. The van der Waals surface area contributed by atoms with Crippen LogP contribution in [0.15, 0.2) is 91.0 Å². The predicted octanol–water partition coefficient (Wildman–Crippen LogP) is 2.33. The molecule has 0 saturated heterocycles. The molecule has 3 aromatic carbocycles. The molecule has 0 unspecified atom stereocenters. The maximum absolute atomic E-state index is 6.12. The third-order valence-corrected chi connectivity index (χ3v) is 7.87. The monoisotopic (exact) mass is 288 g/mol. The van der Waals surface area contributed by atoms with Crippen LogP contribution in [0.1, 0.15) is 0 Å². The molecule has 0 aromatic heterocycles. The van der Waals surface area contributed by atoms with Crippen molar-refractivity contribution >= 4 is 23.6 Å². The zero-order valence-electron chi connectivity index (χ0n) is 11.7. The van der Waals surface area contributed by atoms with E-state index in [9.17, 15) is 0 Å².